The maximum absolute atomic E-state index is 12.8. The molecule has 0 bridgehead atoms. The van der Waals surface area contributed by atoms with E-state index in [1.165, 1.54) is 18.4 Å². The molecule has 1 aromatic carbocycles. The van der Waals surface area contributed by atoms with Crippen molar-refractivity contribution in [2.24, 2.45) is 0 Å². The van der Waals surface area contributed by atoms with Crippen molar-refractivity contribution in [3.05, 3.63) is 50.4 Å². The largest absolute Gasteiger partial charge is 0.464 e. The standard InChI is InChI=1S/C16H15BrN2O3S/c1-22-16(21)13-9-23-14(18-13)8-19(10-6-7-10)15(20)11-4-2-3-5-12(11)17/h2-5,9-10H,6-8H2,1H3. The third-order valence-corrected chi connectivity index (χ3v) is 5.13. The second-order valence-electron chi connectivity index (χ2n) is 5.26. The van der Waals surface area contributed by atoms with Gasteiger partial charge in [0.1, 0.15) is 5.01 Å². The molecule has 1 fully saturated rings. The fourth-order valence-electron chi connectivity index (χ4n) is 2.27. The average molecular weight is 395 g/mol. The fraction of sp³-hybridized carbons (Fsp3) is 0.312. The fourth-order valence-corrected chi connectivity index (χ4v) is 3.49. The summed E-state index contributed by atoms with van der Waals surface area (Å²) in [7, 11) is 1.33. The SMILES string of the molecule is COC(=O)c1csc(CN(C(=O)c2ccccc2Br)C2CC2)n1. The molecule has 3 rings (SSSR count). The van der Waals surface area contributed by atoms with Gasteiger partial charge in [0.25, 0.3) is 5.91 Å². The number of hydrogen-bond donors (Lipinski definition) is 0. The third kappa shape index (κ3) is 3.61. The van der Waals surface area contributed by atoms with Crippen LogP contribution in [0.5, 0.6) is 0 Å². The molecule has 0 radical (unpaired) electrons. The molecule has 1 heterocycles. The Bertz CT molecular complexity index is 742. The number of nitrogens with zero attached hydrogens (tertiary/aromatic N) is 2. The highest BCUT2D eigenvalue weighted by Gasteiger charge is 2.34. The van der Waals surface area contributed by atoms with Crippen LogP contribution in [-0.2, 0) is 11.3 Å². The van der Waals surface area contributed by atoms with Crippen molar-refractivity contribution in [3.63, 3.8) is 0 Å². The molecule has 1 aliphatic carbocycles. The van der Waals surface area contributed by atoms with Crippen LogP contribution in [0, 0.1) is 0 Å². The summed E-state index contributed by atoms with van der Waals surface area (Å²) in [4.78, 5) is 30.4. The van der Waals surface area contributed by atoms with E-state index >= 15 is 0 Å². The molecule has 0 atom stereocenters. The van der Waals surface area contributed by atoms with Crippen molar-refractivity contribution >= 4 is 39.1 Å². The minimum atomic E-state index is -0.456. The first kappa shape index (κ1) is 16.1. The lowest BCUT2D eigenvalue weighted by Crippen LogP contribution is -2.32. The van der Waals surface area contributed by atoms with Crippen LogP contribution in [0.4, 0.5) is 0 Å². The Kier molecular flexibility index (Phi) is 4.77. The maximum Gasteiger partial charge on any atom is 0.357 e. The molecule has 1 aliphatic rings. The van der Waals surface area contributed by atoms with Gasteiger partial charge in [-0.05, 0) is 40.9 Å². The molecule has 0 unspecified atom stereocenters. The highest BCUT2D eigenvalue weighted by atomic mass is 79.9. The van der Waals surface area contributed by atoms with Gasteiger partial charge in [-0.3, -0.25) is 4.79 Å². The van der Waals surface area contributed by atoms with Crippen molar-refractivity contribution in [3.8, 4) is 0 Å². The highest BCUT2D eigenvalue weighted by Crippen LogP contribution is 2.31. The van der Waals surface area contributed by atoms with Crippen LogP contribution in [0.25, 0.3) is 0 Å². The minimum Gasteiger partial charge on any atom is -0.464 e. The number of methoxy groups -OCH3 is 1. The first-order valence-electron chi connectivity index (χ1n) is 7.18. The number of esters is 1. The minimum absolute atomic E-state index is 0.0187. The van der Waals surface area contributed by atoms with Gasteiger partial charge in [0.05, 0.1) is 19.2 Å². The normalized spacial score (nSPS) is 13.7. The van der Waals surface area contributed by atoms with Crippen molar-refractivity contribution in [1.29, 1.82) is 0 Å². The quantitative estimate of drug-likeness (QED) is 0.728. The van der Waals surface area contributed by atoms with Crippen LogP contribution in [0.3, 0.4) is 0 Å². The molecule has 0 N–H and O–H groups in total. The van der Waals surface area contributed by atoms with Crippen molar-refractivity contribution < 1.29 is 14.3 Å². The van der Waals surface area contributed by atoms with Crippen LogP contribution < -0.4 is 0 Å². The van der Waals surface area contributed by atoms with Gasteiger partial charge in [-0.1, -0.05) is 12.1 Å². The third-order valence-electron chi connectivity index (χ3n) is 3.60. The molecule has 1 amide bonds. The number of benzene rings is 1. The molecule has 0 aliphatic heterocycles. The molecular weight excluding hydrogens is 380 g/mol. The van der Waals surface area contributed by atoms with Gasteiger partial charge >= 0.3 is 5.97 Å². The molecule has 120 valence electrons. The molecule has 0 spiro atoms. The summed E-state index contributed by atoms with van der Waals surface area (Å²) in [6.45, 7) is 0.409. The molecule has 0 saturated heterocycles. The molecule has 1 aromatic heterocycles. The van der Waals surface area contributed by atoms with Gasteiger partial charge in [0.15, 0.2) is 5.69 Å². The second kappa shape index (κ2) is 6.80. The molecular formula is C16H15BrN2O3S. The maximum atomic E-state index is 12.8. The number of halogens is 1. The summed E-state index contributed by atoms with van der Waals surface area (Å²) in [5.41, 5.74) is 0.931. The van der Waals surface area contributed by atoms with Crippen LogP contribution in [0.1, 0.15) is 38.7 Å². The Morgan fingerprint density at radius 2 is 2.13 bits per heavy atom. The van der Waals surface area contributed by atoms with Crippen LogP contribution in [-0.4, -0.2) is 34.9 Å². The van der Waals surface area contributed by atoms with Gasteiger partial charge in [0.2, 0.25) is 0 Å². The van der Waals surface area contributed by atoms with E-state index in [4.69, 9.17) is 0 Å². The van der Waals surface area contributed by atoms with Gasteiger partial charge in [-0.15, -0.1) is 11.3 Å². The molecule has 5 nitrogen and oxygen atoms in total. The Labute approximate surface area is 146 Å². The molecule has 7 heteroatoms. The Balaban J connectivity index is 1.80. The zero-order valence-electron chi connectivity index (χ0n) is 12.5. The number of rotatable bonds is 5. The van der Waals surface area contributed by atoms with Crippen molar-refractivity contribution in [1.82, 2.24) is 9.88 Å². The van der Waals surface area contributed by atoms with Gasteiger partial charge in [-0.2, -0.15) is 0 Å². The van der Waals surface area contributed by atoms with Crippen LogP contribution >= 0.6 is 27.3 Å². The smallest absolute Gasteiger partial charge is 0.357 e. The first-order chi connectivity index (χ1) is 11.1. The number of carbonyl (C=O) groups is 2. The number of amides is 1. The van der Waals surface area contributed by atoms with Gasteiger partial charge < -0.3 is 9.64 Å². The van der Waals surface area contributed by atoms with E-state index in [-0.39, 0.29) is 17.6 Å². The molecule has 2 aromatic rings. The topological polar surface area (TPSA) is 59.5 Å². The van der Waals surface area contributed by atoms with Crippen molar-refractivity contribution in [2.45, 2.75) is 25.4 Å². The predicted molar refractivity (Wildman–Crippen MR) is 90.5 cm³/mol. The molecule has 23 heavy (non-hydrogen) atoms. The zero-order valence-corrected chi connectivity index (χ0v) is 14.9. The number of carbonyl (C=O) groups excluding carboxylic acids is 2. The highest BCUT2D eigenvalue weighted by molar-refractivity contribution is 9.10. The lowest BCUT2D eigenvalue weighted by atomic mass is 10.2. The second-order valence-corrected chi connectivity index (χ2v) is 7.06. The lowest BCUT2D eigenvalue weighted by Gasteiger charge is -2.22. The van der Waals surface area contributed by atoms with E-state index in [9.17, 15) is 9.59 Å². The van der Waals surface area contributed by atoms with E-state index in [0.29, 0.717) is 12.1 Å². The predicted octanol–water partition coefficient (Wildman–Crippen LogP) is 3.50. The summed E-state index contributed by atoms with van der Waals surface area (Å²) in [5.74, 6) is -0.475. The summed E-state index contributed by atoms with van der Waals surface area (Å²) in [5, 5.41) is 2.40. The Morgan fingerprint density at radius 3 is 2.78 bits per heavy atom. The Morgan fingerprint density at radius 1 is 1.39 bits per heavy atom. The number of aromatic nitrogens is 1. The first-order valence-corrected chi connectivity index (χ1v) is 8.85. The summed E-state index contributed by atoms with van der Waals surface area (Å²) in [6.07, 6.45) is 2.01. The number of hydrogen-bond acceptors (Lipinski definition) is 5. The van der Waals surface area contributed by atoms with Crippen LogP contribution in [0.2, 0.25) is 0 Å². The number of thiazole rings is 1. The summed E-state index contributed by atoms with van der Waals surface area (Å²) in [6, 6.07) is 7.65. The van der Waals surface area contributed by atoms with E-state index in [2.05, 4.69) is 25.7 Å². The molecule has 1 saturated carbocycles. The average Bonchev–Trinajstić information content (AvgIpc) is 3.30. The Hall–Kier alpha value is -1.73. The van der Waals surface area contributed by atoms with E-state index < -0.39 is 5.97 Å². The van der Waals surface area contributed by atoms with Crippen LogP contribution in [0.15, 0.2) is 34.1 Å². The monoisotopic (exact) mass is 394 g/mol. The summed E-state index contributed by atoms with van der Waals surface area (Å²) < 4.78 is 5.45. The van der Waals surface area contributed by atoms with Gasteiger partial charge in [0, 0.05) is 15.9 Å². The van der Waals surface area contributed by atoms with Gasteiger partial charge in [-0.25, -0.2) is 9.78 Å². The van der Waals surface area contributed by atoms with E-state index in [0.717, 1.165) is 22.3 Å². The number of ether oxygens (including phenoxy) is 1. The summed E-state index contributed by atoms with van der Waals surface area (Å²) >= 11 is 4.80. The zero-order chi connectivity index (χ0) is 16.4. The van der Waals surface area contributed by atoms with E-state index in [1.54, 1.807) is 5.38 Å². The van der Waals surface area contributed by atoms with Crippen molar-refractivity contribution in [2.75, 3.05) is 7.11 Å². The lowest BCUT2D eigenvalue weighted by molar-refractivity contribution is 0.0594. The van der Waals surface area contributed by atoms with E-state index in [1.807, 2.05) is 29.2 Å².